The maximum absolute atomic E-state index is 13.3. The summed E-state index contributed by atoms with van der Waals surface area (Å²) >= 11 is 0. The average Bonchev–Trinajstić information content (AvgIpc) is 2.38. The molecule has 0 spiro atoms. The predicted molar refractivity (Wildman–Crippen MR) is 70.6 cm³/mol. The lowest BCUT2D eigenvalue weighted by atomic mass is 10.2. The van der Waals surface area contributed by atoms with E-state index in [1.54, 1.807) is 18.2 Å². The van der Waals surface area contributed by atoms with E-state index in [0.29, 0.717) is 12.1 Å². The first-order valence-electron chi connectivity index (χ1n) is 6.40. The van der Waals surface area contributed by atoms with Crippen molar-refractivity contribution in [1.82, 2.24) is 10.6 Å². The third-order valence-corrected chi connectivity index (χ3v) is 2.91. The van der Waals surface area contributed by atoms with Gasteiger partial charge in [0.2, 0.25) is 5.91 Å². The number of hydrogen-bond acceptors (Lipinski definition) is 2. The van der Waals surface area contributed by atoms with Crippen molar-refractivity contribution < 1.29 is 9.18 Å². The number of benzene rings is 1. The smallest absolute Gasteiger partial charge is 0.234 e. The van der Waals surface area contributed by atoms with Crippen molar-refractivity contribution in [2.75, 3.05) is 6.54 Å². The van der Waals surface area contributed by atoms with Gasteiger partial charge in [-0.05, 0) is 18.9 Å². The second-order valence-electron chi connectivity index (χ2n) is 4.28. The molecule has 1 aromatic rings. The van der Waals surface area contributed by atoms with E-state index in [0.717, 1.165) is 12.8 Å². The van der Waals surface area contributed by atoms with E-state index in [9.17, 15) is 9.18 Å². The Morgan fingerprint density at radius 2 is 1.94 bits per heavy atom. The van der Waals surface area contributed by atoms with Gasteiger partial charge in [-0.25, -0.2) is 4.39 Å². The molecule has 4 heteroatoms. The highest BCUT2D eigenvalue weighted by Gasteiger charge is 2.08. The van der Waals surface area contributed by atoms with Crippen molar-refractivity contribution in [2.45, 2.75) is 39.3 Å². The number of carbonyl (C=O) groups is 1. The second kappa shape index (κ2) is 7.82. The van der Waals surface area contributed by atoms with Gasteiger partial charge in [0.05, 0.1) is 6.54 Å². The molecule has 0 aliphatic rings. The first-order chi connectivity index (χ1) is 8.67. The van der Waals surface area contributed by atoms with Gasteiger partial charge >= 0.3 is 0 Å². The molecule has 0 heterocycles. The Bertz CT molecular complexity index is 378. The lowest BCUT2D eigenvalue weighted by Crippen LogP contribution is -2.39. The van der Waals surface area contributed by atoms with Crippen molar-refractivity contribution in [3.8, 4) is 0 Å². The number of amides is 1. The molecule has 0 unspecified atom stereocenters. The summed E-state index contributed by atoms with van der Waals surface area (Å²) in [5.74, 6) is -0.287. The monoisotopic (exact) mass is 252 g/mol. The summed E-state index contributed by atoms with van der Waals surface area (Å²) < 4.78 is 13.3. The molecule has 18 heavy (non-hydrogen) atoms. The zero-order chi connectivity index (χ0) is 13.4. The van der Waals surface area contributed by atoms with Crippen LogP contribution in [0.4, 0.5) is 4.39 Å². The van der Waals surface area contributed by atoms with Crippen LogP contribution in [0.5, 0.6) is 0 Å². The molecule has 2 N–H and O–H groups in total. The Kier molecular flexibility index (Phi) is 6.36. The van der Waals surface area contributed by atoms with E-state index < -0.39 is 0 Å². The minimum Gasteiger partial charge on any atom is -0.352 e. The van der Waals surface area contributed by atoms with E-state index in [1.165, 1.54) is 6.07 Å². The van der Waals surface area contributed by atoms with Crippen LogP contribution in [-0.4, -0.2) is 18.5 Å². The molecule has 0 radical (unpaired) electrons. The lowest BCUT2D eigenvalue weighted by Gasteiger charge is -2.15. The molecule has 3 nitrogen and oxygen atoms in total. The summed E-state index contributed by atoms with van der Waals surface area (Å²) in [6, 6.07) is 6.79. The molecular weight excluding hydrogens is 231 g/mol. The Morgan fingerprint density at radius 1 is 1.28 bits per heavy atom. The number of hydrogen-bond donors (Lipinski definition) is 2. The molecule has 0 saturated carbocycles. The van der Waals surface area contributed by atoms with Crippen molar-refractivity contribution in [2.24, 2.45) is 0 Å². The van der Waals surface area contributed by atoms with Gasteiger partial charge < -0.3 is 10.6 Å². The van der Waals surface area contributed by atoms with Gasteiger partial charge in [-0.2, -0.15) is 0 Å². The molecule has 0 atom stereocenters. The highest BCUT2D eigenvalue weighted by molar-refractivity contribution is 5.78. The van der Waals surface area contributed by atoms with E-state index >= 15 is 0 Å². The van der Waals surface area contributed by atoms with E-state index in [2.05, 4.69) is 10.6 Å². The van der Waals surface area contributed by atoms with Crippen LogP contribution in [0.15, 0.2) is 24.3 Å². The molecule has 0 bridgehead atoms. The molecule has 1 aromatic carbocycles. The van der Waals surface area contributed by atoms with Crippen LogP contribution in [0.25, 0.3) is 0 Å². The van der Waals surface area contributed by atoms with E-state index in [1.807, 2.05) is 13.8 Å². The zero-order valence-corrected chi connectivity index (χ0v) is 11.0. The SMILES string of the molecule is CCC(CC)NC(=O)CNCc1ccccc1F. The zero-order valence-electron chi connectivity index (χ0n) is 11.0. The number of nitrogens with one attached hydrogen (secondary N) is 2. The second-order valence-corrected chi connectivity index (χ2v) is 4.28. The van der Waals surface area contributed by atoms with Gasteiger partial charge in [0.1, 0.15) is 5.82 Å². The van der Waals surface area contributed by atoms with Crippen LogP contribution < -0.4 is 10.6 Å². The molecule has 100 valence electrons. The van der Waals surface area contributed by atoms with Crippen LogP contribution in [0.1, 0.15) is 32.3 Å². The third kappa shape index (κ3) is 4.84. The Balaban J connectivity index is 2.29. The van der Waals surface area contributed by atoms with Gasteiger partial charge in [0.15, 0.2) is 0 Å². The minimum absolute atomic E-state index is 0.0416. The molecule has 0 aromatic heterocycles. The van der Waals surface area contributed by atoms with Crippen LogP contribution >= 0.6 is 0 Å². The van der Waals surface area contributed by atoms with Crippen molar-refractivity contribution in [3.05, 3.63) is 35.6 Å². The average molecular weight is 252 g/mol. The Labute approximate surface area is 108 Å². The van der Waals surface area contributed by atoms with Gasteiger partial charge in [-0.3, -0.25) is 4.79 Å². The minimum atomic E-state index is -0.245. The topological polar surface area (TPSA) is 41.1 Å². The maximum atomic E-state index is 13.3. The summed E-state index contributed by atoms with van der Waals surface area (Å²) in [5.41, 5.74) is 0.577. The fraction of sp³-hybridized carbons (Fsp3) is 0.500. The molecule has 0 aliphatic carbocycles. The molecule has 0 aliphatic heterocycles. The normalized spacial score (nSPS) is 10.7. The number of carbonyl (C=O) groups excluding carboxylic acids is 1. The fourth-order valence-corrected chi connectivity index (χ4v) is 1.72. The quantitative estimate of drug-likeness (QED) is 0.781. The summed E-state index contributed by atoms with van der Waals surface area (Å²) in [7, 11) is 0. The van der Waals surface area contributed by atoms with Crippen LogP contribution in [0.3, 0.4) is 0 Å². The molecule has 0 fully saturated rings. The first kappa shape index (κ1) is 14.6. The van der Waals surface area contributed by atoms with Gasteiger partial charge in [0.25, 0.3) is 0 Å². The fourth-order valence-electron chi connectivity index (χ4n) is 1.72. The summed E-state index contributed by atoms with van der Waals surface area (Å²) in [6.07, 6.45) is 1.85. The van der Waals surface area contributed by atoms with Gasteiger partial charge in [-0.15, -0.1) is 0 Å². The number of rotatable bonds is 7. The Morgan fingerprint density at radius 3 is 2.56 bits per heavy atom. The van der Waals surface area contributed by atoms with Crippen molar-refractivity contribution >= 4 is 5.91 Å². The van der Waals surface area contributed by atoms with Crippen LogP contribution in [0, 0.1) is 5.82 Å². The largest absolute Gasteiger partial charge is 0.352 e. The predicted octanol–water partition coefficient (Wildman–Crippen LogP) is 2.22. The van der Waals surface area contributed by atoms with E-state index in [4.69, 9.17) is 0 Å². The van der Waals surface area contributed by atoms with E-state index in [-0.39, 0.29) is 24.3 Å². The summed E-state index contributed by atoms with van der Waals surface area (Å²) in [5, 5.41) is 5.87. The standard InChI is InChI=1S/C14H21FN2O/c1-3-12(4-2)17-14(18)10-16-9-11-7-5-6-8-13(11)15/h5-8,12,16H,3-4,9-10H2,1-2H3,(H,17,18). The van der Waals surface area contributed by atoms with Gasteiger partial charge in [-0.1, -0.05) is 32.0 Å². The van der Waals surface area contributed by atoms with Crippen molar-refractivity contribution in [1.29, 1.82) is 0 Å². The van der Waals surface area contributed by atoms with Crippen molar-refractivity contribution in [3.63, 3.8) is 0 Å². The first-order valence-corrected chi connectivity index (χ1v) is 6.40. The molecular formula is C14H21FN2O. The molecule has 1 rings (SSSR count). The molecule has 1 amide bonds. The maximum Gasteiger partial charge on any atom is 0.234 e. The highest BCUT2D eigenvalue weighted by atomic mass is 19.1. The van der Waals surface area contributed by atoms with Gasteiger partial charge in [0, 0.05) is 18.2 Å². The highest BCUT2D eigenvalue weighted by Crippen LogP contribution is 2.05. The molecule has 0 saturated heterocycles. The van der Waals surface area contributed by atoms with Crippen LogP contribution in [-0.2, 0) is 11.3 Å². The Hall–Kier alpha value is -1.42. The summed E-state index contributed by atoms with van der Waals surface area (Å²) in [4.78, 5) is 11.6. The lowest BCUT2D eigenvalue weighted by molar-refractivity contribution is -0.121. The summed E-state index contributed by atoms with van der Waals surface area (Å²) in [6.45, 7) is 4.66. The van der Waals surface area contributed by atoms with Crippen LogP contribution in [0.2, 0.25) is 0 Å². The number of halogens is 1. The third-order valence-electron chi connectivity index (χ3n) is 2.91.